The minimum atomic E-state index is -3.76. The van der Waals surface area contributed by atoms with Crippen LogP contribution in [0.15, 0.2) is 47.9 Å². The minimum absolute atomic E-state index is 0.216. The van der Waals surface area contributed by atoms with Gasteiger partial charge in [-0.1, -0.05) is 30.3 Å². The molecule has 0 aliphatic carbocycles. The number of aryl methyl sites for hydroxylation is 1. The molecule has 1 aliphatic heterocycles. The van der Waals surface area contributed by atoms with E-state index in [1.807, 2.05) is 6.07 Å². The summed E-state index contributed by atoms with van der Waals surface area (Å²) < 4.78 is 53.1. The van der Waals surface area contributed by atoms with Crippen LogP contribution >= 0.6 is 0 Å². The van der Waals surface area contributed by atoms with Crippen molar-refractivity contribution >= 4 is 21.8 Å². The molecule has 0 atom stereocenters. The quantitative estimate of drug-likeness (QED) is 0.857. The molecule has 3 rings (SSSR count). The predicted molar refractivity (Wildman–Crippen MR) is 86.4 cm³/mol. The Hall–Kier alpha value is -2.21. The van der Waals surface area contributed by atoms with E-state index in [0.717, 1.165) is 27.4 Å². The summed E-state index contributed by atoms with van der Waals surface area (Å²) in [5, 5.41) is 1.10. The van der Waals surface area contributed by atoms with Gasteiger partial charge in [-0.2, -0.15) is 0 Å². The molecule has 0 radical (unpaired) electrons. The van der Waals surface area contributed by atoms with E-state index in [9.17, 15) is 17.2 Å². The Morgan fingerprint density at radius 2 is 1.74 bits per heavy atom. The fraction of sp³-hybridized carbons (Fsp3) is 0.176. The lowest BCUT2D eigenvalue weighted by molar-refractivity contribution is 0.505. The van der Waals surface area contributed by atoms with Crippen LogP contribution in [0.5, 0.6) is 0 Å². The van der Waals surface area contributed by atoms with Crippen molar-refractivity contribution in [2.75, 3.05) is 10.8 Å². The molecule has 120 valence electrons. The second-order valence-corrected chi connectivity index (χ2v) is 7.07. The smallest absolute Gasteiger partial charge is 0.257 e. The molecule has 0 spiro atoms. The molecule has 0 amide bonds. The second-order valence-electron chi connectivity index (χ2n) is 5.33. The molecule has 1 heterocycles. The standard InChI is InChI=1S/C17H15F2NO2S/c18-15-11-14-7-4-9-20(17(14)12-16(15)19)23(21,22)10-8-13-5-2-1-3-6-13/h1-3,5-6,8,10-12H,4,7,9H2. The lowest BCUT2D eigenvalue weighted by Crippen LogP contribution is -2.34. The van der Waals surface area contributed by atoms with E-state index in [1.165, 1.54) is 6.08 Å². The molecule has 0 unspecified atom stereocenters. The maximum Gasteiger partial charge on any atom is 0.257 e. The predicted octanol–water partition coefficient (Wildman–Crippen LogP) is 3.72. The molecule has 0 aromatic heterocycles. The number of halogens is 2. The third-order valence-corrected chi connectivity index (χ3v) is 5.21. The first-order chi connectivity index (χ1) is 11.0. The van der Waals surface area contributed by atoms with Crippen molar-refractivity contribution in [2.45, 2.75) is 12.8 Å². The van der Waals surface area contributed by atoms with Crippen LogP contribution in [0.3, 0.4) is 0 Å². The highest BCUT2D eigenvalue weighted by Gasteiger charge is 2.27. The van der Waals surface area contributed by atoms with Gasteiger partial charge in [-0.25, -0.2) is 17.2 Å². The molecular weight excluding hydrogens is 320 g/mol. The van der Waals surface area contributed by atoms with Crippen molar-refractivity contribution < 1.29 is 17.2 Å². The van der Waals surface area contributed by atoms with Crippen molar-refractivity contribution in [2.24, 2.45) is 0 Å². The molecule has 23 heavy (non-hydrogen) atoms. The van der Waals surface area contributed by atoms with E-state index in [1.54, 1.807) is 24.3 Å². The van der Waals surface area contributed by atoms with Gasteiger partial charge in [0.05, 0.1) is 11.1 Å². The fourth-order valence-corrected chi connectivity index (χ4v) is 3.91. The van der Waals surface area contributed by atoms with Crippen molar-refractivity contribution in [3.05, 3.63) is 70.6 Å². The molecule has 3 nitrogen and oxygen atoms in total. The average molecular weight is 335 g/mol. The number of fused-ring (bicyclic) bond motifs is 1. The van der Waals surface area contributed by atoms with Gasteiger partial charge in [-0.05, 0) is 36.1 Å². The number of hydrogen-bond donors (Lipinski definition) is 0. The van der Waals surface area contributed by atoms with Crippen LogP contribution in [0, 0.1) is 11.6 Å². The summed E-state index contributed by atoms with van der Waals surface area (Å²) in [6.45, 7) is 0.250. The van der Waals surface area contributed by atoms with Crippen LogP contribution in [0.25, 0.3) is 6.08 Å². The maximum atomic E-state index is 13.5. The largest absolute Gasteiger partial charge is 0.266 e. The highest BCUT2D eigenvalue weighted by Crippen LogP contribution is 2.31. The van der Waals surface area contributed by atoms with Crippen LogP contribution in [-0.4, -0.2) is 15.0 Å². The molecule has 1 aliphatic rings. The van der Waals surface area contributed by atoms with Gasteiger partial charge in [0.25, 0.3) is 10.0 Å². The third-order valence-electron chi connectivity index (χ3n) is 3.74. The zero-order valence-electron chi connectivity index (χ0n) is 12.2. The van der Waals surface area contributed by atoms with Crippen molar-refractivity contribution in [3.63, 3.8) is 0 Å². The molecule has 2 aromatic carbocycles. The van der Waals surface area contributed by atoms with Crippen LogP contribution in [0.4, 0.5) is 14.5 Å². The normalized spacial score (nSPS) is 15.0. The number of hydrogen-bond acceptors (Lipinski definition) is 2. The molecular formula is C17H15F2NO2S. The number of anilines is 1. The summed E-state index contributed by atoms with van der Waals surface area (Å²) >= 11 is 0. The summed E-state index contributed by atoms with van der Waals surface area (Å²) in [5.74, 6) is -2.00. The summed E-state index contributed by atoms with van der Waals surface area (Å²) in [6.07, 6.45) is 2.58. The average Bonchev–Trinajstić information content (AvgIpc) is 2.54. The molecule has 0 bridgehead atoms. The summed E-state index contributed by atoms with van der Waals surface area (Å²) in [6, 6.07) is 11.0. The number of benzene rings is 2. The molecule has 2 aromatic rings. The summed E-state index contributed by atoms with van der Waals surface area (Å²) in [5.41, 5.74) is 1.47. The lowest BCUT2D eigenvalue weighted by atomic mass is 10.0. The van der Waals surface area contributed by atoms with E-state index in [2.05, 4.69) is 0 Å². The second kappa shape index (κ2) is 6.12. The van der Waals surface area contributed by atoms with Crippen LogP contribution < -0.4 is 4.31 Å². The first-order valence-electron chi connectivity index (χ1n) is 7.21. The van der Waals surface area contributed by atoms with Gasteiger partial charge >= 0.3 is 0 Å². The number of sulfonamides is 1. The maximum absolute atomic E-state index is 13.5. The number of nitrogens with zero attached hydrogens (tertiary/aromatic N) is 1. The topological polar surface area (TPSA) is 37.4 Å². The van der Waals surface area contributed by atoms with Crippen molar-refractivity contribution in [1.29, 1.82) is 0 Å². The highest BCUT2D eigenvalue weighted by atomic mass is 32.2. The zero-order chi connectivity index (χ0) is 16.4. The van der Waals surface area contributed by atoms with Gasteiger partial charge in [0.2, 0.25) is 0 Å². The van der Waals surface area contributed by atoms with Crippen LogP contribution in [0.2, 0.25) is 0 Å². The zero-order valence-corrected chi connectivity index (χ0v) is 13.1. The van der Waals surface area contributed by atoms with Crippen LogP contribution in [0.1, 0.15) is 17.5 Å². The molecule has 0 saturated carbocycles. The Bertz CT molecular complexity index is 848. The van der Waals surface area contributed by atoms with E-state index in [0.29, 0.717) is 18.4 Å². The van der Waals surface area contributed by atoms with E-state index in [4.69, 9.17) is 0 Å². The molecule has 0 saturated heterocycles. The lowest BCUT2D eigenvalue weighted by Gasteiger charge is -2.29. The van der Waals surface area contributed by atoms with Gasteiger partial charge in [0.1, 0.15) is 0 Å². The Balaban J connectivity index is 1.96. The van der Waals surface area contributed by atoms with E-state index >= 15 is 0 Å². The van der Waals surface area contributed by atoms with Crippen LogP contribution in [-0.2, 0) is 16.4 Å². The Kier molecular flexibility index (Phi) is 4.17. The first kappa shape index (κ1) is 15.7. The van der Waals surface area contributed by atoms with Gasteiger partial charge < -0.3 is 0 Å². The Morgan fingerprint density at radius 3 is 2.48 bits per heavy atom. The fourth-order valence-electron chi connectivity index (χ4n) is 2.61. The highest BCUT2D eigenvalue weighted by molar-refractivity contribution is 7.95. The molecule has 0 N–H and O–H groups in total. The first-order valence-corrected chi connectivity index (χ1v) is 8.71. The van der Waals surface area contributed by atoms with Crippen molar-refractivity contribution in [1.82, 2.24) is 0 Å². The number of rotatable bonds is 3. The monoisotopic (exact) mass is 335 g/mol. The molecule has 0 fully saturated rings. The summed E-state index contributed by atoms with van der Waals surface area (Å²) in [4.78, 5) is 0. The Morgan fingerprint density at radius 1 is 1.04 bits per heavy atom. The van der Waals surface area contributed by atoms with Gasteiger partial charge in [-0.15, -0.1) is 0 Å². The molecule has 6 heteroatoms. The van der Waals surface area contributed by atoms with Crippen molar-refractivity contribution in [3.8, 4) is 0 Å². The van der Waals surface area contributed by atoms with Gasteiger partial charge in [0.15, 0.2) is 11.6 Å². The Labute approximate surface area is 133 Å². The van der Waals surface area contributed by atoms with Gasteiger partial charge in [-0.3, -0.25) is 4.31 Å². The van der Waals surface area contributed by atoms with E-state index in [-0.39, 0.29) is 12.2 Å². The minimum Gasteiger partial charge on any atom is -0.266 e. The third kappa shape index (κ3) is 3.27. The SMILES string of the molecule is O=S(=O)(C=Cc1ccccc1)N1CCCc2cc(F)c(F)cc21. The summed E-state index contributed by atoms with van der Waals surface area (Å²) in [7, 11) is -3.76. The van der Waals surface area contributed by atoms with E-state index < -0.39 is 21.7 Å². The van der Waals surface area contributed by atoms with Gasteiger partial charge in [0, 0.05) is 12.6 Å².